The maximum Gasteiger partial charge on any atom is 0.223 e. The molecule has 1 aliphatic heterocycles. The number of H-pyrrole nitrogens is 1. The van der Waals surface area contributed by atoms with E-state index in [2.05, 4.69) is 35.5 Å². The van der Waals surface area contributed by atoms with E-state index in [9.17, 15) is 4.79 Å². The molecular weight excluding hydrogens is 400 g/mol. The van der Waals surface area contributed by atoms with Crippen molar-refractivity contribution < 1.29 is 0 Å². The number of pyridine rings is 2. The van der Waals surface area contributed by atoms with Gasteiger partial charge in [-0.25, -0.2) is 4.98 Å². The monoisotopic (exact) mass is 414 g/mol. The van der Waals surface area contributed by atoms with E-state index >= 15 is 0 Å². The van der Waals surface area contributed by atoms with Crippen LogP contribution < -0.4 is 15.1 Å². The lowest BCUT2D eigenvalue weighted by molar-refractivity contribution is 0.572. The number of aromatic amines is 1. The normalized spacial score (nSPS) is 14.8. The number of anilines is 2. The summed E-state index contributed by atoms with van der Waals surface area (Å²) in [5, 5.41) is 0.162. The van der Waals surface area contributed by atoms with Gasteiger partial charge in [-0.3, -0.25) is 4.79 Å². The molecule has 1 aliphatic rings. The van der Waals surface area contributed by atoms with E-state index in [4.69, 9.17) is 11.6 Å². The number of piperidine rings is 1. The van der Waals surface area contributed by atoms with E-state index in [1.54, 1.807) is 6.20 Å². The summed E-state index contributed by atoms with van der Waals surface area (Å²) in [6.45, 7) is 2.10. The minimum absolute atomic E-state index is 0.162. The van der Waals surface area contributed by atoms with Gasteiger partial charge in [-0.1, -0.05) is 11.6 Å². The molecule has 0 unspecified atom stereocenters. The van der Waals surface area contributed by atoms with E-state index in [-0.39, 0.29) is 10.5 Å². The zero-order chi connectivity index (χ0) is 16.2. The Hall–Kier alpha value is -1.18. The molecule has 0 aromatic carbocycles. The molecule has 0 radical (unpaired) electrons. The quantitative estimate of drug-likeness (QED) is 0.729. The van der Waals surface area contributed by atoms with Crippen LogP contribution >= 0.6 is 39.5 Å². The second kappa shape index (κ2) is 7.59. The highest BCUT2D eigenvalue weighted by molar-refractivity contribution is 9.10. The molecule has 122 valence electrons. The molecule has 0 saturated carbocycles. The Labute approximate surface area is 152 Å². The number of aromatic nitrogens is 2. The van der Waals surface area contributed by atoms with Gasteiger partial charge in [-0.15, -0.1) is 0 Å². The van der Waals surface area contributed by atoms with Crippen LogP contribution in [0.1, 0.15) is 19.3 Å². The fourth-order valence-electron chi connectivity index (χ4n) is 2.45. The van der Waals surface area contributed by atoms with Gasteiger partial charge in [-0.2, -0.15) is 0 Å². The smallest absolute Gasteiger partial charge is 0.223 e. The molecular formula is C15H16BrClN4OS. The Bertz CT molecular complexity index is 748. The summed E-state index contributed by atoms with van der Waals surface area (Å²) < 4.78 is 3.97. The summed E-state index contributed by atoms with van der Waals surface area (Å²) in [5.41, 5.74) is 0.189. The molecule has 5 nitrogen and oxygen atoms in total. The predicted molar refractivity (Wildman–Crippen MR) is 99.6 cm³/mol. The van der Waals surface area contributed by atoms with E-state index in [1.807, 2.05) is 12.3 Å². The third-order valence-corrected chi connectivity index (χ3v) is 5.28. The van der Waals surface area contributed by atoms with E-state index in [1.165, 1.54) is 37.4 Å². The maximum absolute atomic E-state index is 11.9. The predicted octanol–water partition coefficient (Wildman–Crippen LogP) is 4.30. The maximum atomic E-state index is 11.9. The Morgan fingerprint density at radius 2 is 2.09 bits per heavy atom. The van der Waals surface area contributed by atoms with Gasteiger partial charge >= 0.3 is 0 Å². The van der Waals surface area contributed by atoms with Crippen LogP contribution in [0.5, 0.6) is 0 Å². The molecule has 0 atom stereocenters. The molecule has 3 rings (SSSR count). The summed E-state index contributed by atoms with van der Waals surface area (Å²) in [7, 11) is 0. The highest BCUT2D eigenvalue weighted by Crippen LogP contribution is 2.30. The van der Waals surface area contributed by atoms with Crippen LogP contribution in [0.15, 0.2) is 38.8 Å². The molecule has 23 heavy (non-hydrogen) atoms. The Balaban J connectivity index is 1.70. The number of halogens is 2. The summed E-state index contributed by atoms with van der Waals surface area (Å²) in [6, 6.07) is 2.01. The molecule has 0 amide bonds. The summed E-state index contributed by atoms with van der Waals surface area (Å²) in [6.07, 6.45) is 8.58. The zero-order valence-corrected chi connectivity index (χ0v) is 15.5. The van der Waals surface area contributed by atoms with E-state index in [0.29, 0.717) is 5.69 Å². The Morgan fingerprint density at radius 3 is 2.83 bits per heavy atom. The molecule has 2 N–H and O–H groups in total. The van der Waals surface area contributed by atoms with Crippen LogP contribution in [0.2, 0.25) is 5.02 Å². The summed E-state index contributed by atoms with van der Waals surface area (Å²) >= 11 is 10.7. The first-order valence-corrected chi connectivity index (χ1v) is 9.34. The van der Waals surface area contributed by atoms with Crippen molar-refractivity contribution in [1.29, 1.82) is 0 Å². The molecule has 2 aromatic heterocycles. The Morgan fingerprint density at radius 1 is 1.30 bits per heavy atom. The van der Waals surface area contributed by atoms with Gasteiger partial charge < -0.3 is 14.6 Å². The first-order valence-electron chi connectivity index (χ1n) is 7.35. The van der Waals surface area contributed by atoms with Crippen molar-refractivity contribution in [1.82, 2.24) is 9.97 Å². The fraction of sp³-hybridized carbons (Fsp3) is 0.333. The number of nitrogens with zero attached hydrogens (tertiary/aromatic N) is 2. The number of nitrogens with one attached hydrogen (secondary N) is 2. The van der Waals surface area contributed by atoms with E-state index < -0.39 is 0 Å². The van der Waals surface area contributed by atoms with Crippen molar-refractivity contribution in [2.75, 3.05) is 22.7 Å². The molecule has 1 saturated heterocycles. The van der Waals surface area contributed by atoms with Crippen LogP contribution in [0, 0.1) is 0 Å². The largest absolute Gasteiger partial charge is 0.364 e. The minimum atomic E-state index is -0.227. The van der Waals surface area contributed by atoms with Gasteiger partial charge in [0.1, 0.15) is 16.5 Å². The van der Waals surface area contributed by atoms with Crippen molar-refractivity contribution in [3.8, 4) is 0 Å². The fourth-order valence-corrected chi connectivity index (χ4v) is 4.03. The van der Waals surface area contributed by atoms with Gasteiger partial charge in [0.05, 0.1) is 4.47 Å². The third-order valence-electron chi connectivity index (χ3n) is 3.63. The Kier molecular flexibility index (Phi) is 5.50. The highest BCUT2D eigenvalue weighted by Gasteiger charge is 2.15. The van der Waals surface area contributed by atoms with Crippen LogP contribution in [-0.2, 0) is 0 Å². The molecule has 3 heterocycles. The lowest BCUT2D eigenvalue weighted by atomic mass is 10.1. The van der Waals surface area contributed by atoms with Gasteiger partial charge in [0.15, 0.2) is 0 Å². The zero-order valence-electron chi connectivity index (χ0n) is 12.3. The molecule has 2 aromatic rings. The second-order valence-corrected chi connectivity index (χ2v) is 7.42. The second-order valence-electron chi connectivity index (χ2n) is 5.27. The van der Waals surface area contributed by atoms with E-state index in [0.717, 1.165) is 28.3 Å². The van der Waals surface area contributed by atoms with Crippen molar-refractivity contribution >= 4 is 51.0 Å². The lowest BCUT2D eigenvalue weighted by Gasteiger charge is -2.28. The average Bonchev–Trinajstić information content (AvgIpc) is 2.57. The molecule has 0 aliphatic carbocycles. The van der Waals surface area contributed by atoms with Crippen molar-refractivity contribution in [2.45, 2.75) is 24.2 Å². The van der Waals surface area contributed by atoms with Gasteiger partial charge in [-0.05, 0) is 53.2 Å². The van der Waals surface area contributed by atoms with Gasteiger partial charge in [0.25, 0.3) is 0 Å². The van der Waals surface area contributed by atoms with Crippen LogP contribution in [-0.4, -0.2) is 23.1 Å². The molecule has 0 bridgehead atoms. The molecule has 8 heteroatoms. The topological polar surface area (TPSA) is 61.0 Å². The first-order chi connectivity index (χ1) is 11.1. The molecule has 1 fully saturated rings. The SMILES string of the molecule is O=c1c(Cl)c[nH]cc1NSc1cnc(N2CCCCC2)c(Br)c1. The first kappa shape index (κ1) is 16.7. The summed E-state index contributed by atoms with van der Waals surface area (Å²) in [4.78, 5) is 22.5. The van der Waals surface area contributed by atoms with Crippen LogP contribution in [0.4, 0.5) is 11.5 Å². The van der Waals surface area contributed by atoms with Gasteiger partial charge in [0, 0.05) is 36.6 Å². The standard InChI is InChI=1S/C15H16BrClN4OS/c16-11-6-10(7-19-15(11)21-4-2-1-3-5-21)23-20-13-9-18-8-12(17)14(13)22/h6-9,20H,1-5H2,(H,18,22). The highest BCUT2D eigenvalue weighted by atomic mass is 79.9. The number of hydrogen-bond acceptors (Lipinski definition) is 5. The average molecular weight is 416 g/mol. The summed E-state index contributed by atoms with van der Waals surface area (Å²) in [5.74, 6) is 0.981. The lowest BCUT2D eigenvalue weighted by Crippen LogP contribution is -2.30. The van der Waals surface area contributed by atoms with Gasteiger partial charge in [0.2, 0.25) is 5.43 Å². The molecule has 0 spiro atoms. The minimum Gasteiger partial charge on any atom is -0.364 e. The third kappa shape index (κ3) is 4.02. The van der Waals surface area contributed by atoms with Crippen LogP contribution in [0.25, 0.3) is 0 Å². The van der Waals surface area contributed by atoms with Crippen molar-refractivity contribution in [3.05, 3.63) is 44.4 Å². The number of rotatable bonds is 4. The van der Waals surface area contributed by atoms with Crippen LogP contribution in [0.3, 0.4) is 0 Å². The van der Waals surface area contributed by atoms with Crippen molar-refractivity contribution in [3.63, 3.8) is 0 Å². The van der Waals surface area contributed by atoms with Crippen molar-refractivity contribution in [2.24, 2.45) is 0 Å². The number of hydrogen-bond donors (Lipinski definition) is 2.